The van der Waals surface area contributed by atoms with Crippen LogP contribution in [0.15, 0.2) is 41.3 Å². The van der Waals surface area contributed by atoms with Gasteiger partial charge in [0.2, 0.25) is 0 Å². The summed E-state index contributed by atoms with van der Waals surface area (Å²) in [6.07, 6.45) is 0. The summed E-state index contributed by atoms with van der Waals surface area (Å²) >= 11 is 7.38. The molecular formula is C16H15ClN2O4S2. The normalized spacial score (nSPS) is 11.5. The molecule has 0 amide bonds. The summed E-state index contributed by atoms with van der Waals surface area (Å²) in [6, 6.07) is 9.96. The first-order valence-electron chi connectivity index (χ1n) is 7.14. The van der Waals surface area contributed by atoms with E-state index >= 15 is 0 Å². The van der Waals surface area contributed by atoms with Gasteiger partial charge in [0, 0.05) is 13.1 Å². The number of benzene rings is 2. The molecule has 0 N–H and O–H groups in total. The van der Waals surface area contributed by atoms with Crippen molar-refractivity contribution in [1.29, 1.82) is 0 Å². The van der Waals surface area contributed by atoms with Crippen LogP contribution < -0.4 is 13.8 Å². The maximum Gasteiger partial charge on any atom is 0.269 e. The van der Waals surface area contributed by atoms with Crippen LogP contribution in [-0.2, 0) is 10.0 Å². The van der Waals surface area contributed by atoms with E-state index in [9.17, 15) is 8.42 Å². The summed E-state index contributed by atoms with van der Waals surface area (Å²) in [5.41, 5.74) is 0.573. The molecule has 0 aliphatic heterocycles. The van der Waals surface area contributed by atoms with Gasteiger partial charge in [-0.25, -0.2) is 17.7 Å². The fourth-order valence-corrected chi connectivity index (χ4v) is 5.03. The number of halogens is 1. The van der Waals surface area contributed by atoms with Crippen molar-refractivity contribution in [2.24, 2.45) is 0 Å². The highest BCUT2D eigenvalue weighted by Gasteiger charge is 2.28. The third kappa shape index (κ3) is 3.12. The van der Waals surface area contributed by atoms with Crippen molar-refractivity contribution in [2.45, 2.75) is 4.90 Å². The maximum absolute atomic E-state index is 13.1. The zero-order valence-corrected chi connectivity index (χ0v) is 16.1. The Hall–Kier alpha value is -2.03. The molecule has 25 heavy (non-hydrogen) atoms. The van der Waals surface area contributed by atoms with Crippen LogP contribution in [0.2, 0.25) is 5.02 Å². The predicted octanol–water partition coefficient (Wildman–Crippen LogP) is 3.79. The van der Waals surface area contributed by atoms with Crippen LogP contribution in [0.4, 0.5) is 5.13 Å². The third-order valence-electron chi connectivity index (χ3n) is 3.64. The molecule has 0 saturated carbocycles. The molecule has 3 rings (SSSR count). The highest BCUT2D eigenvalue weighted by Crippen LogP contribution is 2.36. The number of sulfonamides is 1. The van der Waals surface area contributed by atoms with Gasteiger partial charge in [0.1, 0.15) is 21.9 Å². The van der Waals surface area contributed by atoms with Gasteiger partial charge in [0.05, 0.1) is 23.9 Å². The smallest absolute Gasteiger partial charge is 0.269 e. The Morgan fingerprint density at radius 2 is 1.92 bits per heavy atom. The van der Waals surface area contributed by atoms with E-state index in [1.165, 1.54) is 38.7 Å². The Balaban J connectivity index is 2.11. The first kappa shape index (κ1) is 17.8. The Morgan fingerprint density at radius 3 is 2.56 bits per heavy atom. The van der Waals surface area contributed by atoms with Crippen molar-refractivity contribution in [3.63, 3.8) is 0 Å². The second kappa shape index (κ2) is 6.70. The molecule has 0 spiro atoms. The predicted molar refractivity (Wildman–Crippen MR) is 99.8 cm³/mol. The number of rotatable bonds is 5. The molecule has 0 radical (unpaired) electrons. The van der Waals surface area contributed by atoms with Gasteiger partial charge in [0.15, 0.2) is 5.13 Å². The standard InChI is InChI=1S/C16H15ClN2O4S2/c1-19(16-18-15-11(17)5-4-6-13(15)24-16)25(20,21)14-9-10(22-2)7-8-12(14)23-3/h4-9H,1-3H3. The quantitative estimate of drug-likeness (QED) is 0.654. The van der Waals surface area contributed by atoms with E-state index in [-0.39, 0.29) is 10.6 Å². The first-order chi connectivity index (χ1) is 11.9. The van der Waals surface area contributed by atoms with Crippen molar-refractivity contribution in [3.05, 3.63) is 41.4 Å². The fraction of sp³-hybridized carbons (Fsp3) is 0.188. The number of thiazole rings is 1. The number of fused-ring (bicyclic) bond motifs is 1. The maximum atomic E-state index is 13.1. The van der Waals surface area contributed by atoms with Gasteiger partial charge in [0.25, 0.3) is 10.0 Å². The fourth-order valence-electron chi connectivity index (χ4n) is 2.27. The van der Waals surface area contributed by atoms with Crippen LogP contribution in [0.1, 0.15) is 0 Å². The number of hydrogen-bond donors (Lipinski definition) is 0. The van der Waals surface area contributed by atoms with Gasteiger partial charge in [-0.3, -0.25) is 0 Å². The molecule has 0 saturated heterocycles. The second-order valence-electron chi connectivity index (χ2n) is 5.07. The number of anilines is 1. The van der Waals surface area contributed by atoms with E-state index in [1.54, 1.807) is 24.3 Å². The molecule has 2 aromatic carbocycles. The first-order valence-corrected chi connectivity index (χ1v) is 9.78. The van der Waals surface area contributed by atoms with Crippen LogP contribution in [0.5, 0.6) is 11.5 Å². The minimum atomic E-state index is -3.89. The van der Waals surface area contributed by atoms with Crippen molar-refractivity contribution in [3.8, 4) is 11.5 Å². The highest BCUT2D eigenvalue weighted by molar-refractivity contribution is 7.93. The van der Waals surface area contributed by atoms with E-state index in [4.69, 9.17) is 21.1 Å². The summed E-state index contributed by atoms with van der Waals surface area (Å²) in [4.78, 5) is 4.37. The van der Waals surface area contributed by atoms with Crippen molar-refractivity contribution >= 4 is 48.3 Å². The zero-order chi connectivity index (χ0) is 18.2. The number of para-hydroxylation sites is 1. The lowest BCUT2D eigenvalue weighted by molar-refractivity contribution is 0.392. The van der Waals surface area contributed by atoms with Crippen LogP contribution in [0.25, 0.3) is 10.2 Å². The molecule has 132 valence electrons. The second-order valence-corrected chi connectivity index (χ2v) is 8.43. The lowest BCUT2D eigenvalue weighted by Crippen LogP contribution is -2.26. The summed E-state index contributed by atoms with van der Waals surface area (Å²) in [7, 11) is 0.434. The van der Waals surface area contributed by atoms with Gasteiger partial charge in [-0.15, -0.1) is 0 Å². The van der Waals surface area contributed by atoms with E-state index in [1.807, 2.05) is 6.07 Å². The highest BCUT2D eigenvalue weighted by atomic mass is 35.5. The van der Waals surface area contributed by atoms with Crippen LogP contribution in [0, 0.1) is 0 Å². The van der Waals surface area contributed by atoms with E-state index in [2.05, 4.69) is 4.98 Å². The van der Waals surface area contributed by atoms with Gasteiger partial charge < -0.3 is 9.47 Å². The van der Waals surface area contributed by atoms with E-state index < -0.39 is 10.0 Å². The van der Waals surface area contributed by atoms with E-state index in [0.717, 1.165) is 9.01 Å². The molecule has 0 aliphatic rings. The molecule has 9 heteroatoms. The minimum absolute atomic E-state index is 0.00204. The summed E-state index contributed by atoms with van der Waals surface area (Å²) < 4.78 is 38.4. The number of hydrogen-bond acceptors (Lipinski definition) is 6. The average Bonchev–Trinajstić information content (AvgIpc) is 3.06. The molecule has 0 fully saturated rings. The molecule has 0 unspecified atom stereocenters. The Morgan fingerprint density at radius 1 is 1.16 bits per heavy atom. The molecular weight excluding hydrogens is 384 g/mol. The third-order valence-corrected chi connectivity index (χ3v) is 6.92. The van der Waals surface area contributed by atoms with Gasteiger partial charge >= 0.3 is 0 Å². The lowest BCUT2D eigenvalue weighted by atomic mass is 10.3. The molecule has 1 heterocycles. The molecule has 1 aromatic heterocycles. The summed E-state index contributed by atoms with van der Waals surface area (Å²) in [5.74, 6) is 0.645. The zero-order valence-electron chi connectivity index (χ0n) is 13.7. The number of nitrogens with zero attached hydrogens (tertiary/aromatic N) is 2. The van der Waals surface area contributed by atoms with E-state index in [0.29, 0.717) is 21.4 Å². The SMILES string of the molecule is COc1ccc(OC)c(S(=O)(=O)N(C)c2nc3c(Cl)cccc3s2)c1. The number of methoxy groups -OCH3 is 2. The molecule has 0 aliphatic carbocycles. The van der Waals surface area contributed by atoms with Gasteiger partial charge in [-0.05, 0) is 24.3 Å². The van der Waals surface area contributed by atoms with Gasteiger partial charge in [-0.2, -0.15) is 0 Å². The van der Waals surface area contributed by atoms with Crippen LogP contribution in [-0.4, -0.2) is 34.7 Å². The van der Waals surface area contributed by atoms with Gasteiger partial charge in [-0.1, -0.05) is 29.0 Å². The lowest BCUT2D eigenvalue weighted by Gasteiger charge is -2.18. The summed E-state index contributed by atoms with van der Waals surface area (Å²) in [5, 5.41) is 0.790. The average molecular weight is 399 g/mol. The topological polar surface area (TPSA) is 68.7 Å². The molecule has 3 aromatic rings. The van der Waals surface area contributed by atoms with Crippen LogP contribution >= 0.6 is 22.9 Å². The largest absolute Gasteiger partial charge is 0.497 e. The number of ether oxygens (including phenoxy) is 2. The monoisotopic (exact) mass is 398 g/mol. The summed E-state index contributed by atoms with van der Waals surface area (Å²) in [6.45, 7) is 0. The number of aromatic nitrogens is 1. The Labute approximate surface area is 154 Å². The molecule has 0 bridgehead atoms. The van der Waals surface area contributed by atoms with Crippen molar-refractivity contribution < 1.29 is 17.9 Å². The molecule has 6 nitrogen and oxygen atoms in total. The Kier molecular flexibility index (Phi) is 4.77. The van der Waals surface area contributed by atoms with Crippen LogP contribution in [0.3, 0.4) is 0 Å². The van der Waals surface area contributed by atoms with Crippen molar-refractivity contribution in [2.75, 3.05) is 25.6 Å². The van der Waals surface area contributed by atoms with Crippen molar-refractivity contribution in [1.82, 2.24) is 4.98 Å². The molecule has 0 atom stereocenters. The minimum Gasteiger partial charge on any atom is -0.497 e. The Bertz CT molecular complexity index is 1030.